The zero-order chi connectivity index (χ0) is 7.89. The van der Waals surface area contributed by atoms with E-state index in [0.717, 1.165) is 0 Å². The minimum Gasteiger partial charge on any atom is -0.329 e. The molecule has 2 atom stereocenters. The molecule has 1 rings (SSSR count). The fourth-order valence-corrected chi connectivity index (χ4v) is 1.09. The topological polar surface area (TPSA) is 20.1 Å². The average Bonchev–Trinajstić information content (AvgIpc) is 2.40. The van der Waals surface area contributed by atoms with Crippen molar-refractivity contribution in [2.75, 3.05) is 0 Å². The maximum absolute atomic E-state index is 11.2. The molecule has 0 saturated carbocycles. The summed E-state index contributed by atoms with van der Waals surface area (Å²) in [6.45, 7) is 9.44. The smallest absolute Gasteiger partial charge is 0.249 e. The molecular formula is C8H13NO. The zero-order valence-electron chi connectivity index (χ0n) is 6.72. The van der Waals surface area contributed by atoms with Crippen LogP contribution in [0, 0.1) is 0 Å². The van der Waals surface area contributed by atoms with Crippen molar-refractivity contribution in [1.29, 1.82) is 0 Å². The van der Waals surface area contributed by atoms with Gasteiger partial charge in [0, 0.05) is 17.7 Å². The molecule has 0 N–H and O–H groups in total. The van der Waals surface area contributed by atoms with E-state index in [2.05, 4.69) is 6.58 Å². The Balaban J connectivity index is 2.54. The molecule has 0 radical (unpaired) electrons. The van der Waals surface area contributed by atoms with Crippen LogP contribution in [0.25, 0.3) is 0 Å². The summed E-state index contributed by atoms with van der Waals surface area (Å²) >= 11 is 0. The number of hydrogen-bond acceptors (Lipinski definition) is 1. The van der Waals surface area contributed by atoms with E-state index in [-0.39, 0.29) is 5.91 Å². The van der Waals surface area contributed by atoms with Crippen molar-refractivity contribution in [3.8, 4) is 0 Å². The summed E-state index contributed by atoms with van der Waals surface area (Å²) in [6, 6.07) is 0.841. The maximum Gasteiger partial charge on any atom is 0.249 e. The lowest BCUT2D eigenvalue weighted by molar-refractivity contribution is -0.122. The Morgan fingerprint density at radius 1 is 1.40 bits per heavy atom. The number of carbonyl (C=O) groups is 1. The number of hydrogen-bond donors (Lipinski definition) is 0. The van der Waals surface area contributed by atoms with Gasteiger partial charge in [-0.2, -0.15) is 0 Å². The Kier molecular flexibility index (Phi) is 1.55. The fourth-order valence-electron chi connectivity index (χ4n) is 1.09. The van der Waals surface area contributed by atoms with Gasteiger partial charge in [-0.3, -0.25) is 4.79 Å². The van der Waals surface area contributed by atoms with Crippen LogP contribution < -0.4 is 0 Å². The van der Waals surface area contributed by atoms with Crippen molar-refractivity contribution >= 4 is 5.91 Å². The molecule has 2 heteroatoms. The van der Waals surface area contributed by atoms with Crippen LogP contribution >= 0.6 is 0 Å². The highest BCUT2D eigenvalue weighted by Crippen LogP contribution is 2.28. The highest BCUT2D eigenvalue weighted by atomic mass is 16.2. The van der Waals surface area contributed by atoms with Crippen LogP contribution in [-0.2, 0) is 4.79 Å². The lowest BCUT2D eigenvalue weighted by atomic mass is 10.3. The van der Waals surface area contributed by atoms with E-state index < -0.39 is 0 Å². The van der Waals surface area contributed by atoms with Gasteiger partial charge in [0.05, 0.1) is 0 Å². The summed E-state index contributed by atoms with van der Waals surface area (Å²) in [4.78, 5) is 13.0. The van der Waals surface area contributed by atoms with E-state index in [4.69, 9.17) is 0 Å². The van der Waals surface area contributed by atoms with Gasteiger partial charge >= 0.3 is 0 Å². The van der Waals surface area contributed by atoms with Crippen LogP contribution in [0.4, 0.5) is 0 Å². The predicted molar refractivity (Wildman–Crippen MR) is 40.6 cm³/mol. The van der Waals surface area contributed by atoms with Gasteiger partial charge in [0.2, 0.25) is 5.91 Å². The van der Waals surface area contributed by atoms with E-state index in [9.17, 15) is 4.79 Å². The zero-order valence-corrected chi connectivity index (χ0v) is 6.72. The van der Waals surface area contributed by atoms with Gasteiger partial charge in [-0.15, -0.1) is 0 Å². The molecule has 1 aliphatic heterocycles. The number of nitrogens with zero attached hydrogens (tertiary/aromatic N) is 1. The van der Waals surface area contributed by atoms with Crippen LogP contribution in [0.15, 0.2) is 12.2 Å². The third kappa shape index (κ3) is 0.939. The first-order valence-electron chi connectivity index (χ1n) is 3.54. The second-order valence-corrected chi connectivity index (χ2v) is 2.97. The standard InChI is InChI=1S/C8H13NO/c1-5(2)8(10)9-6(3)7(9)4/h6-7H,1H2,2-4H3. The van der Waals surface area contributed by atoms with Crippen molar-refractivity contribution in [2.45, 2.75) is 32.9 Å². The summed E-state index contributed by atoms with van der Waals surface area (Å²) in [7, 11) is 0. The number of rotatable bonds is 1. The van der Waals surface area contributed by atoms with E-state index in [0.29, 0.717) is 17.7 Å². The van der Waals surface area contributed by atoms with E-state index in [1.807, 2.05) is 18.7 Å². The van der Waals surface area contributed by atoms with Crippen LogP contribution in [0.5, 0.6) is 0 Å². The minimum atomic E-state index is 0.0972. The van der Waals surface area contributed by atoms with Gasteiger partial charge in [-0.05, 0) is 20.8 Å². The SMILES string of the molecule is C=C(C)C(=O)N1C(C)C1C. The first-order valence-corrected chi connectivity index (χ1v) is 3.54. The Hall–Kier alpha value is -0.790. The van der Waals surface area contributed by atoms with Crippen molar-refractivity contribution in [1.82, 2.24) is 4.90 Å². The second-order valence-electron chi connectivity index (χ2n) is 2.97. The third-order valence-electron chi connectivity index (χ3n) is 2.09. The van der Waals surface area contributed by atoms with E-state index >= 15 is 0 Å². The van der Waals surface area contributed by atoms with Crippen LogP contribution in [0.3, 0.4) is 0 Å². The lowest BCUT2D eigenvalue weighted by Crippen LogP contribution is -2.13. The van der Waals surface area contributed by atoms with E-state index in [1.54, 1.807) is 6.92 Å². The summed E-state index contributed by atoms with van der Waals surface area (Å²) in [5.41, 5.74) is 0.635. The van der Waals surface area contributed by atoms with Gasteiger partial charge in [0.25, 0.3) is 0 Å². The molecule has 0 aromatic heterocycles. The van der Waals surface area contributed by atoms with Gasteiger partial charge < -0.3 is 4.90 Å². The molecule has 0 aromatic rings. The molecule has 1 fully saturated rings. The summed E-state index contributed by atoms with van der Waals surface area (Å²) < 4.78 is 0. The Morgan fingerprint density at radius 3 is 1.90 bits per heavy atom. The summed E-state index contributed by atoms with van der Waals surface area (Å²) in [6.07, 6.45) is 0. The Morgan fingerprint density at radius 2 is 1.80 bits per heavy atom. The van der Waals surface area contributed by atoms with Gasteiger partial charge in [0.15, 0.2) is 0 Å². The van der Waals surface area contributed by atoms with Gasteiger partial charge in [-0.1, -0.05) is 6.58 Å². The molecule has 1 saturated heterocycles. The molecule has 10 heavy (non-hydrogen) atoms. The number of carbonyl (C=O) groups excluding carboxylic acids is 1. The first kappa shape index (κ1) is 7.32. The third-order valence-corrected chi connectivity index (χ3v) is 2.09. The van der Waals surface area contributed by atoms with Crippen LogP contribution in [-0.4, -0.2) is 22.9 Å². The van der Waals surface area contributed by atoms with Crippen molar-refractivity contribution in [2.24, 2.45) is 0 Å². The highest BCUT2D eigenvalue weighted by molar-refractivity contribution is 5.94. The maximum atomic E-state index is 11.2. The minimum absolute atomic E-state index is 0.0972. The summed E-state index contributed by atoms with van der Waals surface area (Å²) in [5.74, 6) is 0.0972. The Bertz CT molecular complexity index is 178. The average molecular weight is 139 g/mol. The van der Waals surface area contributed by atoms with Crippen LogP contribution in [0.2, 0.25) is 0 Å². The van der Waals surface area contributed by atoms with Gasteiger partial charge in [-0.25, -0.2) is 0 Å². The van der Waals surface area contributed by atoms with Crippen molar-refractivity contribution in [3.05, 3.63) is 12.2 Å². The lowest BCUT2D eigenvalue weighted by Gasteiger charge is -1.99. The largest absolute Gasteiger partial charge is 0.329 e. The quantitative estimate of drug-likeness (QED) is 0.394. The predicted octanol–water partition coefficient (Wildman–Crippen LogP) is 1.18. The normalized spacial score (nSPS) is 30.1. The molecule has 0 bridgehead atoms. The van der Waals surface area contributed by atoms with E-state index in [1.165, 1.54) is 0 Å². The molecule has 1 amide bonds. The Labute approximate surface area is 61.5 Å². The molecule has 0 spiro atoms. The molecular weight excluding hydrogens is 126 g/mol. The molecule has 1 aliphatic rings. The molecule has 1 heterocycles. The highest BCUT2D eigenvalue weighted by Gasteiger charge is 2.43. The fraction of sp³-hybridized carbons (Fsp3) is 0.625. The summed E-state index contributed by atoms with van der Waals surface area (Å²) in [5, 5.41) is 0. The second kappa shape index (κ2) is 2.11. The molecule has 0 aromatic carbocycles. The molecule has 0 aliphatic carbocycles. The number of amides is 1. The molecule has 56 valence electrons. The first-order chi connectivity index (χ1) is 4.55. The van der Waals surface area contributed by atoms with Crippen LogP contribution in [0.1, 0.15) is 20.8 Å². The van der Waals surface area contributed by atoms with Gasteiger partial charge in [0.1, 0.15) is 0 Å². The monoisotopic (exact) mass is 139 g/mol. The van der Waals surface area contributed by atoms with Crippen molar-refractivity contribution < 1.29 is 4.79 Å². The molecule has 2 unspecified atom stereocenters. The van der Waals surface area contributed by atoms with Crippen molar-refractivity contribution in [3.63, 3.8) is 0 Å². The molecule has 2 nitrogen and oxygen atoms in total.